The van der Waals surface area contributed by atoms with Crippen LogP contribution in [0.15, 0.2) is 0 Å². The number of aliphatic hydroxyl groups is 1. The number of carbonyl (C=O) groups excluding carboxylic acids is 1. The van der Waals surface area contributed by atoms with Crippen molar-refractivity contribution in [3.8, 4) is 0 Å². The molecule has 4 nitrogen and oxygen atoms in total. The molecule has 0 heterocycles. The Labute approximate surface area is 85.6 Å². The minimum Gasteiger partial charge on any atom is -0.394 e. The van der Waals surface area contributed by atoms with E-state index in [1.807, 2.05) is 20.8 Å². The van der Waals surface area contributed by atoms with Gasteiger partial charge in [0.1, 0.15) is 0 Å². The molecule has 0 spiro atoms. The second kappa shape index (κ2) is 6.79. The first-order valence-electron chi connectivity index (χ1n) is 5.07. The lowest BCUT2D eigenvalue weighted by Crippen LogP contribution is -2.48. The maximum Gasteiger partial charge on any atom is 0.222 e. The van der Waals surface area contributed by atoms with Crippen molar-refractivity contribution >= 4 is 5.91 Å². The fourth-order valence-electron chi connectivity index (χ4n) is 0.948. The second-order valence-electron chi connectivity index (χ2n) is 3.57. The average Bonchev–Trinajstić information content (AvgIpc) is 2.18. The van der Waals surface area contributed by atoms with Crippen molar-refractivity contribution in [1.82, 2.24) is 5.32 Å². The average molecular weight is 203 g/mol. The summed E-state index contributed by atoms with van der Waals surface area (Å²) in [7, 11) is 0. The van der Waals surface area contributed by atoms with E-state index < -0.39 is 5.54 Å². The van der Waals surface area contributed by atoms with Crippen LogP contribution in [-0.4, -0.2) is 36.4 Å². The van der Waals surface area contributed by atoms with Crippen LogP contribution in [0.5, 0.6) is 0 Å². The fourth-order valence-corrected chi connectivity index (χ4v) is 0.948. The normalized spacial score (nSPS) is 14.9. The van der Waals surface area contributed by atoms with Gasteiger partial charge in [-0.3, -0.25) is 4.79 Å². The molecular weight excluding hydrogens is 182 g/mol. The monoisotopic (exact) mass is 203 g/mol. The zero-order valence-corrected chi connectivity index (χ0v) is 9.30. The number of rotatable bonds is 7. The van der Waals surface area contributed by atoms with Crippen LogP contribution in [0.2, 0.25) is 0 Å². The minimum atomic E-state index is -0.497. The molecule has 0 aromatic carbocycles. The maximum absolute atomic E-state index is 11.3. The van der Waals surface area contributed by atoms with E-state index in [1.165, 1.54) is 0 Å². The highest BCUT2D eigenvalue weighted by Gasteiger charge is 2.22. The van der Waals surface area contributed by atoms with Crippen LogP contribution >= 0.6 is 0 Å². The molecular formula is C10H21NO3. The van der Waals surface area contributed by atoms with Crippen molar-refractivity contribution < 1.29 is 14.6 Å². The van der Waals surface area contributed by atoms with E-state index in [4.69, 9.17) is 9.84 Å². The van der Waals surface area contributed by atoms with Crippen LogP contribution in [0.3, 0.4) is 0 Å². The van der Waals surface area contributed by atoms with Crippen molar-refractivity contribution in [2.45, 2.75) is 39.2 Å². The number of hydrogen-bond donors (Lipinski definition) is 2. The Morgan fingerprint density at radius 1 is 1.50 bits per heavy atom. The molecule has 0 aromatic heterocycles. The molecule has 84 valence electrons. The Hall–Kier alpha value is -0.610. The fraction of sp³-hybridized carbons (Fsp3) is 0.900. The molecule has 0 aliphatic carbocycles. The van der Waals surface area contributed by atoms with E-state index in [1.54, 1.807) is 0 Å². The zero-order chi connectivity index (χ0) is 11.0. The third-order valence-corrected chi connectivity index (χ3v) is 2.25. The second-order valence-corrected chi connectivity index (χ2v) is 3.57. The maximum atomic E-state index is 11.3. The molecule has 2 N–H and O–H groups in total. The van der Waals surface area contributed by atoms with Gasteiger partial charge >= 0.3 is 0 Å². The van der Waals surface area contributed by atoms with Crippen LogP contribution in [-0.2, 0) is 9.53 Å². The van der Waals surface area contributed by atoms with Gasteiger partial charge in [-0.2, -0.15) is 0 Å². The summed E-state index contributed by atoms with van der Waals surface area (Å²) in [5, 5.41) is 11.8. The molecule has 0 rings (SSSR count). The Morgan fingerprint density at radius 2 is 2.14 bits per heavy atom. The zero-order valence-electron chi connectivity index (χ0n) is 9.30. The van der Waals surface area contributed by atoms with Crippen molar-refractivity contribution in [3.63, 3.8) is 0 Å². The van der Waals surface area contributed by atoms with Crippen LogP contribution < -0.4 is 5.32 Å². The van der Waals surface area contributed by atoms with Crippen LogP contribution in [0.25, 0.3) is 0 Å². The summed E-state index contributed by atoms with van der Waals surface area (Å²) < 4.78 is 5.06. The van der Waals surface area contributed by atoms with Gasteiger partial charge in [-0.25, -0.2) is 0 Å². The lowest BCUT2D eigenvalue weighted by molar-refractivity contribution is -0.124. The number of hydrogen-bond acceptors (Lipinski definition) is 3. The summed E-state index contributed by atoms with van der Waals surface area (Å²) >= 11 is 0. The first kappa shape index (κ1) is 13.4. The molecule has 0 bridgehead atoms. The Morgan fingerprint density at radius 3 is 2.57 bits per heavy atom. The molecule has 0 saturated carbocycles. The van der Waals surface area contributed by atoms with Gasteiger partial charge in [0, 0.05) is 13.0 Å². The molecule has 1 unspecified atom stereocenters. The minimum absolute atomic E-state index is 0.0378. The van der Waals surface area contributed by atoms with E-state index in [2.05, 4.69) is 5.32 Å². The molecule has 4 heteroatoms. The van der Waals surface area contributed by atoms with E-state index in [0.29, 0.717) is 26.1 Å². The van der Waals surface area contributed by atoms with Gasteiger partial charge in [0.15, 0.2) is 0 Å². The van der Waals surface area contributed by atoms with Gasteiger partial charge in [-0.1, -0.05) is 6.92 Å². The van der Waals surface area contributed by atoms with Gasteiger partial charge in [0.2, 0.25) is 5.91 Å². The molecule has 14 heavy (non-hydrogen) atoms. The van der Waals surface area contributed by atoms with Crippen LogP contribution in [0.4, 0.5) is 0 Å². The summed E-state index contributed by atoms with van der Waals surface area (Å²) in [6.45, 7) is 6.67. The molecule has 0 aromatic rings. The topological polar surface area (TPSA) is 58.6 Å². The summed E-state index contributed by atoms with van der Waals surface area (Å²) in [6.07, 6.45) is 1.06. The lowest BCUT2D eigenvalue weighted by Gasteiger charge is -2.27. The summed E-state index contributed by atoms with van der Waals surface area (Å²) in [6, 6.07) is 0. The number of aliphatic hydroxyl groups excluding tert-OH is 1. The smallest absolute Gasteiger partial charge is 0.222 e. The highest BCUT2D eigenvalue weighted by atomic mass is 16.5. The third-order valence-electron chi connectivity index (χ3n) is 2.25. The number of ether oxygens (including phenoxy) is 1. The molecule has 0 saturated heterocycles. The molecule has 0 radical (unpaired) electrons. The standard InChI is InChI=1S/C10H21NO3/c1-4-10(3,8-12)11-9(13)6-7-14-5-2/h12H,4-8H2,1-3H3,(H,11,13). The molecule has 1 atom stereocenters. The van der Waals surface area contributed by atoms with Gasteiger partial charge in [0.25, 0.3) is 0 Å². The lowest BCUT2D eigenvalue weighted by atomic mass is 10.0. The van der Waals surface area contributed by atoms with E-state index in [9.17, 15) is 4.79 Å². The highest BCUT2D eigenvalue weighted by Crippen LogP contribution is 2.07. The third kappa shape index (κ3) is 5.19. The van der Waals surface area contributed by atoms with Crippen molar-refractivity contribution in [1.29, 1.82) is 0 Å². The SMILES string of the molecule is CCOCCC(=O)NC(C)(CC)CO. The van der Waals surface area contributed by atoms with Crippen LogP contribution in [0.1, 0.15) is 33.6 Å². The number of nitrogens with one attached hydrogen (secondary N) is 1. The van der Waals surface area contributed by atoms with Gasteiger partial charge in [-0.15, -0.1) is 0 Å². The molecule has 0 aliphatic rings. The number of amides is 1. The Bertz CT molecular complexity index is 167. The van der Waals surface area contributed by atoms with Gasteiger partial charge in [-0.05, 0) is 20.3 Å². The molecule has 0 aliphatic heterocycles. The summed E-state index contributed by atoms with van der Waals surface area (Å²) in [4.78, 5) is 11.3. The molecule has 1 amide bonds. The van der Waals surface area contributed by atoms with Gasteiger partial charge < -0.3 is 15.2 Å². The number of carbonyl (C=O) groups is 1. The van der Waals surface area contributed by atoms with Crippen LogP contribution in [0, 0.1) is 0 Å². The quantitative estimate of drug-likeness (QED) is 0.598. The van der Waals surface area contributed by atoms with E-state index >= 15 is 0 Å². The highest BCUT2D eigenvalue weighted by molar-refractivity contribution is 5.76. The predicted molar refractivity (Wildman–Crippen MR) is 55.0 cm³/mol. The first-order valence-corrected chi connectivity index (χ1v) is 5.07. The van der Waals surface area contributed by atoms with Crippen molar-refractivity contribution in [2.75, 3.05) is 19.8 Å². The first-order chi connectivity index (χ1) is 6.58. The predicted octanol–water partition coefficient (Wildman–Crippen LogP) is 0.690. The van der Waals surface area contributed by atoms with E-state index in [0.717, 1.165) is 0 Å². The Balaban J connectivity index is 3.80. The van der Waals surface area contributed by atoms with Crippen molar-refractivity contribution in [2.24, 2.45) is 0 Å². The summed E-state index contributed by atoms with van der Waals surface area (Å²) in [5.74, 6) is -0.0724. The summed E-state index contributed by atoms with van der Waals surface area (Å²) in [5.41, 5.74) is -0.497. The Kier molecular flexibility index (Phi) is 6.49. The molecule has 0 fully saturated rings. The van der Waals surface area contributed by atoms with E-state index in [-0.39, 0.29) is 12.5 Å². The van der Waals surface area contributed by atoms with Gasteiger partial charge in [0.05, 0.1) is 18.8 Å². The van der Waals surface area contributed by atoms with Crippen molar-refractivity contribution in [3.05, 3.63) is 0 Å². The largest absolute Gasteiger partial charge is 0.394 e.